The Hall–Kier alpha value is -3.13. The molecule has 1 aromatic heterocycles. The molecule has 0 amide bonds. The molecule has 0 aliphatic heterocycles. The number of carboxylic acid groups (broad SMARTS) is 1. The molecule has 0 bridgehead atoms. The Morgan fingerprint density at radius 2 is 1.81 bits per heavy atom. The number of nitrogens with one attached hydrogen (secondary N) is 1. The van der Waals surface area contributed by atoms with Crippen molar-refractivity contribution in [3.05, 3.63) is 75.4 Å². The molecule has 2 aromatic carbocycles. The number of alkyl halides is 3. The van der Waals surface area contributed by atoms with Gasteiger partial charge < -0.3 is 5.11 Å². The Morgan fingerprint density at radius 3 is 2.47 bits per heavy atom. The number of H-pyrrole nitrogens is 1. The lowest BCUT2D eigenvalue weighted by molar-refractivity contribution is -0.137. The lowest BCUT2D eigenvalue weighted by Gasteiger charge is -2.20. The Bertz CT molecular complexity index is 1190. The SMILES string of the molecule is O=C(O)c1ccc(-c2n[nH]c3c2C(C(=O)c2c(Cl)cccc2C(F)(F)F)CCCC3)cc1. The molecular weight excluding hydrogens is 445 g/mol. The molecule has 3 aromatic rings. The minimum atomic E-state index is -4.73. The smallest absolute Gasteiger partial charge is 0.417 e. The quantitative estimate of drug-likeness (QED) is 0.360. The van der Waals surface area contributed by atoms with Gasteiger partial charge in [0.15, 0.2) is 5.78 Å². The summed E-state index contributed by atoms with van der Waals surface area (Å²) in [5.41, 5.74) is 0.737. The van der Waals surface area contributed by atoms with Crippen molar-refractivity contribution in [3.63, 3.8) is 0 Å². The lowest BCUT2D eigenvalue weighted by Crippen LogP contribution is -2.20. The number of aryl methyl sites for hydroxylation is 1. The molecular formula is C23H18ClF3N2O3. The van der Waals surface area contributed by atoms with E-state index in [0.29, 0.717) is 41.8 Å². The number of nitrogens with zero attached hydrogens (tertiary/aromatic N) is 1. The summed E-state index contributed by atoms with van der Waals surface area (Å²) < 4.78 is 40.9. The van der Waals surface area contributed by atoms with Crippen LogP contribution >= 0.6 is 11.6 Å². The first-order valence-corrected chi connectivity index (χ1v) is 10.4. The van der Waals surface area contributed by atoms with Crippen molar-refractivity contribution in [1.29, 1.82) is 0 Å². The van der Waals surface area contributed by atoms with E-state index in [1.165, 1.54) is 24.3 Å². The monoisotopic (exact) mass is 462 g/mol. The summed E-state index contributed by atoms with van der Waals surface area (Å²) in [5.74, 6) is -2.64. The standard InChI is InChI=1S/C23H18ClF3N2O3/c24-16-6-3-5-15(23(25,26)27)19(16)21(30)14-4-1-2-7-17-18(14)20(29-28-17)12-8-10-13(11-9-12)22(31)32/h3,5-6,8-11,14H,1-2,4,7H2,(H,28,29)(H,31,32). The maximum atomic E-state index is 13.6. The second-order valence-electron chi connectivity index (χ2n) is 7.67. The van der Waals surface area contributed by atoms with Crippen molar-refractivity contribution in [2.75, 3.05) is 0 Å². The highest BCUT2D eigenvalue weighted by molar-refractivity contribution is 6.34. The largest absolute Gasteiger partial charge is 0.478 e. The van der Waals surface area contributed by atoms with Gasteiger partial charge in [-0.15, -0.1) is 0 Å². The van der Waals surface area contributed by atoms with Crippen LogP contribution in [0.3, 0.4) is 0 Å². The van der Waals surface area contributed by atoms with Crippen molar-refractivity contribution < 1.29 is 27.9 Å². The molecule has 5 nitrogen and oxygen atoms in total. The van der Waals surface area contributed by atoms with E-state index in [4.69, 9.17) is 16.7 Å². The molecule has 1 atom stereocenters. The third-order valence-corrected chi connectivity index (χ3v) is 6.00. The minimum Gasteiger partial charge on any atom is -0.478 e. The summed E-state index contributed by atoms with van der Waals surface area (Å²) in [6, 6.07) is 9.30. The zero-order chi connectivity index (χ0) is 23.0. The van der Waals surface area contributed by atoms with E-state index in [9.17, 15) is 22.8 Å². The number of carboxylic acids is 1. The molecule has 0 fully saturated rings. The molecule has 1 heterocycles. The van der Waals surface area contributed by atoms with E-state index in [2.05, 4.69) is 10.2 Å². The molecule has 1 aliphatic rings. The number of carbonyl (C=O) groups is 2. The summed E-state index contributed by atoms with van der Waals surface area (Å²) in [5, 5.41) is 16.1. The molecule has 0 saturated heterocycles. The topological polar surface area (TPSA) is 83.0 Å². The molecule has 0 spiro atoms. The Kier molecular flexibility index (Phi) is 5.81. The van der Waals surface area contributed by atoms with Crippen LogP contribution in [0.1, 0.15) is 62.7 Å². The van der Waals surface area contributed by atoms with Gasteiger partial charge >= 0.3 is 12.1 Å². The zero-order valence-corrected chi connectivity index (χ0v) is 17.4. The van der Waals surface area contributed by atoms with Gasteiger partial charge in [-0.3, -0.25) is 9.89 Å². The number of hydrogen-bond donors (Lipinski definition) is 2. The molecule has 0 saturated carbocycles. The number of rotatable bonds is 4. The van der Waals surface area contributed by atoms with Crippen molar-refractivity contribution in [2.24, 2.45) is 0 Å². The maximum Gasteiger partial charge on any atom is 0.417 e. The van der Waals surface area contributed by atoms with Crippen LogP contribution in [0.25, 0.3) is 11.3 Å². The van der Waals surface area contributed by atoms with E-state index in [1.807, 2.05) is 0 Å². The van der Waals surface area contributed by atoms with Crippen LogP contribution in [0.15, 0.2) is 42.5 Å². The molecule has 166 valence electrons. The highest BCUT2D eigenvalue weighted by atomic mass is 35.5. The predicted molar refractivity (Wildman–Crippen MR) is 112 cm³/mol. The van der Waals surface area contributed by atoms with Crippen LogP contribution in [0.5, 0.6) is 0 Å². The van der Waals surface area contributed by atoms with Gasteiger partial charge in [-0.25, -0.2) is 4.79 Å². The van der Waals surface area contributed by atoms with Crippen molar-refractivity contribution in [3.8, 4) is 11.3 Å². The summed E-state index contributed by atoms with van der Waals surface area (Å²) in [6.45, 7) is 0. The van der Waals surface area contributed by atoms with Gasteiger partial charge in [-0.2, -0.15) is 18.3 Å². The number of ketones is 1. The fourth-order valence-corrected chi connectivity index (χ4v) is 4.45. The number of aromatic nitrogens is 2. The van der Waals surface area contributed by atoms with Gasteiger partial charge in [-0.1, -0.05) is 36.2 Å². The lowest BCUT2D eigenvalue weighted by atomic mass is 9.84. The van der Waals surface area contributed by atoms with Crippen molar-refractivity contribution in [1.82, 2.24) is 10.2 Å². The fourth-order valence-electron chi connectivity index (χ4n) is 4.19. The summed E-state index contributed by atoms with van der Waals surface area (Å²) in [4.78, 5) is 24.7. The molecule has 0 radical (unpaired) electrons. The van der Waals surface area contributed by atoms with E-state index in [1.54, 1.807) is 12.1 Å². The normalized spacial score (nSPS) is 16.3. The Balaban J connectivity index is 1.84. The van der Waals surface area contributed by atoms with Gasteiger partial charge in [0.2, 0.25) is 0 Å². The number of halogens is 4. The molecule has 1 unspecified atom stereocenters. The van der Waals surface area contributed by atoms with E-state index < -0.39 is 35.0 Å². The fraction of sp³-hybridized carbons (Fsp3) is 0.261. The van der Waals surface area contributed by atoms with Crippen LogP contribution < -0.4 is 0 Å². The number of benzene rings is 2. The van der Waals surface area contributed by atoms with Gasteiger partial charge in [-0.05, 0) is 43.5 Å². The minimum absolute atomic E-state index is 0.0916. The first-order chi connectivity index (χ1) is 15.2. The van der Waals surface area contributed by atoms with Gasteiger partial charge in [0.1, 0.15) is 0 Å². The summed E-state index contributed by atoms with van der Waals surface area (Å²) in [6.07, 6.45) is -2.36. The third kappa shape index (κ3) is 4.02. The first kappa shape index (κ1) is 22.1. The van der Waals surface area contributed by atoms with Crippen molar-refractivity contribution >= 4 is 23.4 Å². The number of aromatic amines is 1. The predicted octanol–water partition coefficient (Wildman–Crippen LogP) is 6.14. The second kappa shape index (κ2) is 8.43. The van der Waals surface area contributed by atoms with E-state index in [0.717, 1.165) is 12.5 Å². The van der Waals surface area contributed by atoms with Crippen LogP contribution in [0.2, 0.25) is 5.02 Å². The number of Topliss-reactive ketones (excluding diaryl/α,β-unsaturated/α-hetero) is 1. The van der Waals surface area contributed by atoms with Crippen LogP contribution in [-0.4, -0.2) is 27.1 Å². The van der Waals surface area contributed by atoms with Crippen LogP contribution in [0.4, 0.5) is 13.2 Å². The van der Waals surface area contributed by atoms with Crippen LogP contribution in [0, 0.1) is 0 Å². The maximum absolute atomic E-state index is 13.6. The van der Waals surface area contributed by atoms with Crippen molar-refractivity contribution in [2.45, 2.75) is 37.8 Å². The highest BCUT2D eigenvalue weighted by Gasteiger charge is 2.39. The van der Waals surface area contributed by atoms with Gasteiger partial charge in [0, 0.05) is 22.4 Å². The molecule has 1 aliphatic carbocycles. The molecule has 4 rings (SSSR count). The third-order valence-electron chi connectivity index (χ3n) is 5.69. The molecule has 9 heteroatoms. The van der Waals surface area contributed by atoms with E-state index in [-0.39, 0.29) is 10.6 Å². The summed E-state index contributed by atoms with van der Waals surface area (Å²) in [7, 11) is 0. The van der Waals surface area contributed by atoms with Gasteiger partial charge in [0.05, 0.1) is 27.8 Å². The van der Waals surface area contributed by atoms with Crippen LogP contribution in [-0.2, 0) is 12.6 Å². The van der Waals surface area contributed by atoms with Gasteiger partial charge in [0.25, 0.3) is 0 Å². The number of fused-ring (bicyclic) bond motifs is 1. The zero-order valence-electron chi connectivity index (χ0n) is 16.7. The highest BCUT2D eigenvalue weighted by Crippen LogP contribution is 2.42. The number of aromatic carboxylic acids is 1. The Labute approximate surface area is 186 Å². The average molecular weight is 463 g/mol. The molecule has 2 N–H and O–H groups in total. The Morgan fingerprint density at radius 1 is 1.09 bits per heavy atom. The second-order valence-corrected chi connectivity index (χ2v) is 8.08. The van der Waals surface area contributed by atoms with E-state index >= 15 is 0 Å². The number of carbonyl (C=O) groups excluding carboxylic acids is 1. The average Bonchev–Trinajstić information content (AvgIpc) is 3.04. The number of hydrogen-bond acceptors (Lipinski definition) is 3. The first-order valence-electron chi connectivity index (χ1n) is 9.99. The molecule has 32 heavy (non-hydrogen) atoms. The summed E-state index contributed by atoms with van der Waals surface area (Å²) >= 11 is 6.10.